The summed E-state index contributed by atoms with van der Waals surface area (Å²) in [5.74, 6) is 1.36. The quantitative estimate of drug-likeness (QED) is 0.790. The number of nitrogens with zero attached hydrogens (tertiary/aromatic N) is 3. The van der Waals surface area contributed by atoms with Crippen LogP contribution in [0, 0.1) is 5.92 Å². The molecule has 1 fully saturated rings. The van der Waals surface area contributed by atoms with Crippen LogP contribution in [0.15, 0.2) is 6.07 Å². The summed E-state index contributed by atoms with van der Waals surface area (Å²) in [6, 6.07) is 2.04. The number of aromatic nitrogens is 2. The van der Waals surface area contributed by atoms with Crippen molar-refractivity contribution in [2.24, 2.45) is 5.92 Å². The second-order valence-corrected chi connectivity index (χ2v) is 4.83. The molecule has 0 spiro atoms. The van der Waals surface area contributed by atoms with Gasteiger partial charge in [0.2, 0.25) is 5.88 Å². The zero-order chi connectivity index (χ0) is 14.5. The fraction of sp³-hybridized carbons (Fsp3) is 0.692. The zero-order valence-electron chi connectivity index (χ0n) is 11.8. The maximum absolute atomic E-state index is 9.67. The maximum Gasteiger partial charge on any atom is 0.321 e. The molecule has 0 bridgehead atoms. The van der Waals surface area contributed by atoms with Gasteiger partial charge in [0.15, 0.2) is 0 Å². The highest BCUT2D eigenvalue weighted by molar-refractivity contribution is 5.43. The molecule has 0 radical (unpaired) electrons. The third kappa shape index (κ3) is 3.29. The first-order valence-electron chi connectivity index (χ1n) is 6.69. The minimum atomic E-state index is -0.633. The van der Waals surface area contributed by atoms with Crippen molar-refractivity contribution in [3.05, 3.63) is 6.07 Å². The Balaban J connectivity index is 2.06. The van der Waals surface area contributed by atoms with Gasteiger partial charge in [0.25, 0.3) is 0 Å². The summed E-state index contributed by atoms with van der Waals surface area (Å²) in [6.07, 6.45) is 0.999. The standard InChI is InChI=1S/C13H21N3O4/c1-19-12-7-11(14-13(15-12)20-2)16-5-3-9(4-6-16)10(18)8-17/h7,9-10,17-18H,3-6,8H2,1-2H3. The van der Waals surface area contributed by atoms with Gasteiger partial charge in [-0.3, -0.25) is 0 Å². The highest BCUT2D eigenvalue weighted by Crippen LogP contribution is 2.27. The Morgan fingerprint density at radius 3 is 2.55 bits per heavy atom. The van der Waals surface area contributed by atoms with Crippen LogP contribution in [0.5, 0.6) is 11.9 Å². The predicted octanol–water partition coefficient (Wildman–Crippen LogP) is 0.0634. The lowest BCUT2D eigenvalue weighted by Crippen LogP contribution is -2.39. The van der Waals surface area contributed by atoms with E-state index in [9.17, 15) is 5.11 Å². The minimum Gasteiger partial charge on any atom is -0.481 e. The van der Waals surface area contributed by atoms with Crippen LogP contribution in [0.1, 0.15) is 12.8 Å². The Hall–Kier alpha value is -1.60. The third-order valence-corrected chi connectivity index (χ3v) is 3.66. The Bertz CT molecular complexity index is 413. The van der Waals surface area contributed by atoms with Gasteiger partial charge in [-0.15, -0.1) is 0 Å². The number of methoxy groups -OCH3 is 2. The third-order valence-electron chi connectivity index (χ3n) is 3.66. The van der Waals surface area contributed by atoms with Gasteiger partial charge < -0.3 is 24.6 Å². The molecule has 0 amide bonds. The Morgan fingerprint density at radius 1 is 1.30 bits per heavy atom. The summed E-state index contributed by atoms with van der Waals surface area (Å²) in [6.45, 7) is 1.36. The smallest absolute Gasteiger partial charge is 0.321 e. The molecule has 112 valence electrons. The van der Waals surface area contributed by atoms with Crippen molar-refractivity contribution in [2.45, 2.75) is 18.9 Å². The minimum absolute atomic E-state index is 0.141. The molecule has 7 heteroatoms. The van der Waals surface area contributed by atoms with Gasteiger partial charge in [0.1, 0.15) is 5.82 Å². The van der Waals surface area contributed by atoms with Crippen LogP contribution in [0.3, 0.4) is 0 Å². The SMILES string of the molecule is COc1cc(N2CCC(C(O)CO)CC2)nc(OC)n1. The van der Waals surface area contributed by atoms with Crippen LogP contribution >= 0.6 is 0 Å². The molecule has 20 heavy (non-hydrogen) atoms. The molecule has 1 aliphatic heterocycles. The van der Waals surface area contributed by atoms with Crippen LogP contribution in [-0.2, 0) is 0 Å². The number of piperidine rings is 1. The second kappa shape index (κ2) is 6.71. The van der Waals surface area contributed by atoms with E-state index < -0.39 is 6.10 Å². The van der Waals surface area contributed by atoms with E-state index in [2.05, 4.69) is 14.9 Å². The summed E-state index contributed by atoms with van der Waals surface area (Å²) in [4.78, 5) is 10.5. The average molecular weight is 283 g/mol. The number of rotatable bonds is 5. The first-order valence-corrected chi connectivity index (χ1v) is 6.69. The summed E-state index contributed by atoms with van der Waals surface area (Å²) in [5, 5.41) is 18.7. The predicted molar refractivity (Wildman–Crippen MR) is 73.2 cm³/mol. The molecular formula is C13H21N3O4. The molecule has 0 aliphatic carbocycles. The average Bonchev–Trinajstić information content (AvgIpc) is 2.53. The molecule has 1 saturated heterocycles. The van der Waals surface area contributed by atoms with Crippen LogP contribution < -0.4 is 14.4 Å². The Kier molecular flexibility index (Phi) is 4.97. The van der Waals surface area contributed by atoms with Crippen molar-refractivity contribution in [3.63, 3.8) is 0 Å². The lowest BCUT2D eigenvalue weighted by Gasteiger charge is -2.34. The fourth-order valence-corrected chi connectivity index (χ4v) is 2.41. The van der Waals surface area contributed by atoms with Gasteiger partial charge in [-0.25, -0.2) is 0 Å². The molecule has 2 heterocycles. The van der Waals surface area contributed by atoms with Gasteiger partial charge in [-0.1, -0.05) is 0 Å². The maximum atomic E-state index is 9.67. The van der Waals surface area contributed by atoms with Gasteiger partial charge in [0.05, 0.1) is 26.9 Å². The number of aliphatic hydroxyl groups is 2. The summed E-state index contributed by atoms with van der Waals surface area (Å²) >= 11 is 0. The molecule has 7 nitrogen and oxygen atoms in total. The number of aliphatic hydroxyl groups excluding tert-OH is 2. The first-order chi connectivity index (χ1) is 9.67. The van der Waals surface area contributed by atoms with E-state index in [1.54, 1.807) is 13.2 Å². The van der Waals surface area contributed by atoms with Crippen LogP contribution in [0.2, 0.25) is 0 Å². The molecular weight excluding hydrogens is 262 g/mol. The van der Waals surface area contributed by atoms with E-state index in [0.29, 0.717) is 5.88 Å². The summed E-state index contributed by atoms with van der Waals surface area (Å²) in [5.41, 5.74) is 0. The molecule has 2 rings (SSSR count). The second-order valence-electron chi connectivity index (χ2n) is 4.83. The highest BCUT2D eigenvalue weighted by atomic mass is 16.5. The zero-order valence-corrected chi connectivity index (χ0v) is 11.8. The molecule has 1 unspecified atom stereocenters. The largest absolute Gasteiger partial charge is 0.481 e. The molecule has 1 atom stereocenters. The highest BCUT2D eigenvalue weighted by Gasteiger charge is 2.26. The fourth-order valence-electron chi connectivity index (χ4n) is 2.41. The van der Waals surface area contributed by atoms with Gasteiger partial charge in [-0.2, -0.15) is 9.97 Å². The van der Waals surface area contributed by atoms with Crippen molar-refractivity contribution in [2.75, 3.05) is 38.8 Å². The van der Waals surface area contributed by atoms with E-state index in [1.165, 1.54) is 7.11 Å². The molecule has 1 aromatic rings. The molecule has 0 saturated carbocycles. The number of hydrogen-bond donors (Lipinski definition) is 2. The van der Waals surface area contributed by atoms with E-state index in [-0.39, 0.29) is 18.5 Å². The monoisotopic (exact) mass is 283 g/mol. The summed E-state index contributed by atoms with van der Waals surface area (Å²) < 4.78 is 10.2. The Morgan fingerprint density at radius 2 is 2.00 bits per heavy atom. The van der Waals surface area contributed by atoms with Crippen molar-refractivity contribution < 1.29 is 19.7 Å². The topological polar surface area (TPSA) is 87.9 Å². The lowest BCUT2D eigenvalue weighted by atomic mass is 9.91. The molecule has 1 aromatic heterocycles. The van der Waals surface area contributed by atoms with Crippen LogP contribution in [-0.4, -0.2) is 60.2 Å². The number of anilines is 1. The molecule has 1 aliphatic rings. The van der Waals surface area contributed by atoms with Crippen LogP contribution in [0.25, 0.3) is 0 Å². The van der Waals surface area contributed by atoms with E-state index in [1.807, 2.05) is 0 Å². The van der Waals surface area contributed by atoms with Gasteiger partial charge in [0, 0.05) is 19.2 Å². The van der Waals surface area contributed by atoms with E-state index in [4.69, 9.17) is 14.6 Å². The lowest BCUT2D eigenvalue weighted by molar-refractivity contribution is 0.0376. The van der Waals surface area contributed by atoms with E-state index >= 15 is 0 Å². The first kappa shape index (κ1) is 14.8. The van der Waals surface area contributed by atoms with Crippen molar-refractivity contribution >= 4 is 5.82 Å². The number of ether oxygens (including phenoxy) is 2. The van der Waals surface area contributed by atoms with Crippen LogP contribution in [0.4, 0.5) is 5.82 Å². The number of hydrogen-bond acceptors (Lipinski definition) is 7. The van der Waals surface area contributed by atoms with Crippen molar-refractivity contribution in [1.82, 2.24) is 9.97 Å². The van der Waals surface area contributed by atoms with Crippen molar-refractivity contribution in [1.29, 1.82) is 0 Å². The normalized spacial score (nSPS) is 17.9. The van der Waals surface area contributed by atoms with Gasteiger partial charge >= 0.3 is 6.01 Å². The van der Waals surface area contributed by atoms with E-state index in [0.717, 1.165) is 31.7 Å². The van der Waals surface area contributed by atoms with Gasteiger partial charge in [-0.05, 0) is 18.8 Å². The van der Waals surface area contributed by atoms with Crippen molar-refractivity contribution in [3.8, 4) is 11.9 Å². The molecule has 0 aromatic carbocycles. The summed E-state index contributed by atoms with van der Waals surface area (Å²) in [7, 11) is 3.07. The Labute approximate surface area is 118 Å². The molecule has 2 N–H and O–H groups in total.